The third-order valence-electron chi connectivity index (χ3n) is 5.65. The fraction of sp³-hybridized carbons (Fsp3) is 0.455. The molecule has 1 heterocycles. The molecule has 0 aromatic heterocycles. The molecule has 2 N–H and O–H groups in total. The highest BCUT2D eigenvalue weighted by molar-refractivity contribution is 5.28. The molecule has 1 fully saturated rings. The summed E-state index contributed by atoms with van der Waals surface area (Å²) in [6.07, 6.45) is 3.40. The van der Waals surface area contributed by atoms with Gasteiger partial charge in [0.25, 0.3) is 0 Å². The summed E-state index contributed by atoms with van der Waals surface area (Å²) in [4.78, 5) is 0. The highest BCUT2D eigenvalue weighted by atomic mass is 19.1. The molecule has 1 aliphatic heterocycles. The molecule has 2 nitrogen and oxygen atoms in total. The number of hydrogen-bond acceptors (Lipinski definition) is 2. The highest BCUT2D eigenvalue weighted by Gasteiger charge is 2.32. The fourth-order valence-corrected chi connectivity index (χ4v) is 3.93. The Labute approximate surface area is 150 Å². The van der Waals surface area contributed by atoms with Crippen LogP contribution in [-0.2, 0) is 13.0 Å². The van der Waals surface area contributed by atoms with Crippen LogP contribution in [0.2, 0.25) is 0 Å². The number of benzene rings is 2. The molecule has 0 aliphatic carbocycles. The molecular weight excluding hydrogens is 311 g/mol. The Balaban J connectivity index is 1.70. The van der Waals surface area contributed by atoms with Crippen LogP contribution in [-0.4, -0.2) is 19.6 Å². The van der Waals surface area contributed by atoms with E-state index in [1.54, 1.807) is 12.1 Å². The zero-order valence-corrected chi connectivity index (χ0v) is 15.4. The molecule has 0 atom stereocenters. The minimum Gasteiger partial charge on any atom is -0.317 e. The second kappa shape index (κ2) is 8.11. The van der Waals surface area contributed by atoms with Crippen molar-refractivity contribution in [3.8, 4) is 0 Å². The van der Waals surface area contributed by atoms with E-state index in [1.165, 1.54) is 11.1 Å². The molecule has 0 amide bonds. The first-order valence-corrected chi connectivity index (χ1v) is 9.30. The number of piperidine rings is 1. The average Bonchev–Trinajstić information content (AvgIpc) is 2.61. The van der Waals surface area contributed by atoms with Gasteiger partial charge in [-0.3, -0.25) is 0 Å². The normalized spacial score (nSPS) is 16.8. The van der Waals surface area contributed by atoms with Gasteiger partial charge in [0.15, 0.2) is 0 Å². The van der Waals surface area contributed by atoms with E-state index < -0.39 is 0 Å². The van der Waals surface area contributed by atoms with E-state index in [4.69, 9.17) is 0 Å². The van der Waals surface area contributed by atoms with Crippen molar-refractivity contribution in [3.63, 3.8) is 0 Å². The summed E-state index contributed by atoms with van der Waals surface area (Å²) >= 11 is 0. The van der Waals surface area contributed by atoms with Gasteiger partial charge in [0.1, 0.15) is 5.82 Å². The number of rotatable bonds is 6. The molecule has 1 saturated heterocycles. The van der Waals surface area contributed by atoms with Crippen LogP contribution in [0.1, 0.15) is 35.1 Å². The van der Waals surface area contributed by atoms with Crippen LogP contribution in [0.15, 0.2) is 42.5 Å². The predicted octanol–water partition coefficient (Wildman–Crippen LogP) is 4.14. The average molecular weight is 340 g/mol. The van der Waals surface area contributed by atoms with Gasteiger partial charge in [0.2, 0.25) is 0 Å². The fourth-order valence-electron chi connectivity index (χ4n) is 3.93. The Morgan fingerprint density at radius 2 is 1.72 bits per heavy atom. The van der Waals surface area contributed by atoms with E-state index in [-0.39, 0.29) is 11.2 Å². The molecule has 1 aliphatic rings. The van der Waals surface area contributed by atoms with Crippen LogP contribution in [0.4, 0.5) is 4.39 Å². The predicted molar refractivity (Wildman–Crippen MR) is 102 cm³/mol. The van der Waals surface area contributed by atoms with Gasteiger partial charge in [-0.05, 0) is 74.4 Å². The van der Waals surface area contributed by atoms with Crippen molar-refractivity contribution in [3.05, 3.63) is 70.5 Å². The lowest BCUT2D eigenvalue weighted by Gasteiger charge is -2.38. The van der Waals surface area contributed by atoms with E-state index in [9.17, 15) is 4.39 Å². The summed E-state index contributed by atoms with van der Waals surface area (Å²) in [6, 6.07) is 14.0. The Morgan fingerprint density at radius 1 is 1.00 bits per heavy atom. The van der Waals surface area contributed by atoms with E-state index in [0.717, 1.165) is 50.0 Å². The molecule has 0 spiro atoms. The summed E-state index contributed by atoms with van der Waals surface area (Å²) in [5, 5.41) is 7.04. The molecule has 2 aromatic carbocycles. The van der Waals surface area contributed by atoms with Gasteiger partial charge < -0.3 is 10.6 Å². The lowest BCUT2D eigenvalue weighted by atomic mass is 9.73. The van der Waals surface area contributed by atoms with Crippen LogP contribution in [0.25, 0.3) is 0 Å². The molecule has 2 aromatic rings. The summed E-state index contributed by atoms with van der Waals surface area (Å²) in [7, 11) is 0. The molecule has 0 unspecified atom stereocenters. The summed E-state index contributed by atoms with van der Waals surface area (Å²) < 4.78 is 14.1. The third kappa shape index (κ3) is 4.47. The van der Waals surface area contributed by atoms with Crippen molar-refractivity contribution in [1.29, 1.82) is 0 Å². The van der Waals surface area contributed by atoms with Gasteiger partial charge >= 0.3 is 0 Å². The zero-order valence-electron chi connectivity index (χ0n) is 15.4. The van der Waals surface area contributed by atoms with Gasteiger partial charge in [-0.15, -0.1) is 0 Å². The Morgan fingerprint density at radius 3 is 2.44 bits per heavy atom. The molecule has 0 radical (unpaired) electrons. The van der Waals surface area contributed by atoms with Crippen LogP contribution < -0.4 is 10.6 Å². The Hall–Kier alpha value is -1.71. The lowest BCUT2D eigenvalue weighted by molar-refractivity contribution is 0.191. The van der Waals surface area contributed by atoms with Crippen LogP contribution in [0.3, 0.4) is 0 Å². The van der Waals surface area contributed by atoms with Crippen molar-refractivity contribution >= 4 is 0 Å². The van der Waals surface area contributed by atoms with Gasteiger partial charge in [0, 0.05) is 18.7 Å². The first-order valence-electron chi connectivity index (χ1n) is 9.30. The molecule has 134 valence electrons. The third-order valence-corrected chi connectivity index (χ3v) is 5.65. The van der Waals surface area contributed by atoms with Crippen molar-refractivity contribution < 1.29 is 4.39 Å². The van der Waals surface area contributed by atoms with E-state index >= 15 is 0 Å². The van der Waals surface area contributed by atoms with Gasteiger partial charge in [-0.2, -0.15) is 0 Å². The van der Waals surface area contributed by atoms with Crippen molar-refractivity contribution in [2.24, 2.45) is 5.41 Å². The second-order valence-corrected chi connectivity index (χ2v) is 7.49. The maximum Gasteiger partial charge on any atom is 0.127 e. The van der Waals surface area contributed by atoms with Gasteiger partial charge in [-0.25, -0.2) is 4.39 Å². The summed E-state index contributed by atoms with van der Waals surface area (Å²) in [6.45, 7) is 7.82. The van der Waals surface area contributed by atoms with E-state index in [2.05, 4.69) is 41.8 Å². The summed E-state index contributed by atoms with van der Waals surface area (Å²) in [5.74, 6) is -0.106. The molecule has 0 bridgehead atoms. The SMILES string of the molecule is Cc1ccccc1CC1(CNCc2c(C)cccc2F)CCNCC1. The standard InChI is InChI=1S/C22H29FN2/c1-17-6-3-4-8-19(17)14-22(10-12-24-13-11-22)16-25-15-20-18(2)7-5-9-21(20)23/h3-9,24-25H,10-16H2,1-2H3. The maximum atomic E-state index is 14.1. The monoisotopic (exact) mass is 340 g/mol. The molecule has 3 rings (SSSR count). The van der Waals surface area contributed by atoms with Gasteiger partial charge in [0.05, 0.1) is 0 Å². The maximum absolute atomic E-state index is 14.1. The summed E-state index contributed by atoms with van der Waals surface area (Å²) in [5.41, 5.74) is 4.86. The minimum absolute atomic E-state index is 0.106. The van der Waals surface area contributed by atoms with Crippen LogP contribution in [0, 0.1) is 25.1 Å². The Kier molecular flexibility index (Phi) is 5.87. The minimum atomic E-state index is -0.106. The molecular formula is C22H29FN2. The number of halogens is 1. The molecule has 0 saturated carbocycles. The first-order chi connectivity index (χ1) is 12.1. The first kappa shape index (κ1) is 18.1. The van der Waals surface area contributed by atoms with Crippen LogP contribution in [0.5, 0.6) is 0 Å². The smallest absolute Gasteiger partial charge is 0.127 e. The van der Waals surface area contributed by atoms with Gasteiger partial charge in [-0.1, -0.05) is 36.4 Å². The van der Waals surface area contributed by atoms with E-state index in [0.29, 0.717) is 6.54 Å². The number of nitrogens with one attached hydrogen (secondary N) is 2. The highest BCUT2D eigenvalue weighted by Crippen LogP contribution is 2.33. The topological polar surface area (TPSA) is 24.1 Å². The van der Waals surface area contributed by atoms with E-state index in [1.807, 2.05) is 13.0 Å². The second-order valence-electron chi connectivity index (χ2n) is 7.49. The Bertz CT molecular complexity index is 685. The van der Waals surface area contributed by atoms with Crippen molar-refractivity contribution in [2.45, 2.75) is 39.7 Å². The molecule has 3 heteroatoms. The molecule has 25 heavy (non-hydrogen) atoms. The largest absolute Gasteiger partial charge is 0.317 e. The number of aryl methyl sites for hydroxylation is 2. The van der Waals surface area contributed by atoms with Crippen molar-refractivity contribution in [1.82, 2.24) is 10.6 Å². The zero-order chi connectivity index (χ0) is 17.7. The number of hydrogen-bond donors (Lipinski definition) is 2. The van der Waals surface area contributed by atoms with Crippen LogP contribution >= 0.6 is 0 Å². The van der Waals surface area contributed by atoms with Crippen molar-refractivity contribution in [2.75, 3.05) is 19.6 Å². The quantitative estimate of drug-likeness (QED) is 0.826. The lowest BCUT2D eigenvalue weighted by Crippen LogP contribution is -2.44.